The van der Waals surface area contributed by atoms with Gasteiger partial charge in [0.25, 0.3) is 0 Å². The van der Waals surface area contributed by atoms with Crippen molar-refractivity contribution in [1.29, 1.82) is 0 Å². The van der Waals surface area contributed by atoms with E-state index in [0.717, 1.165) is 38.5 Å². The molecule has 0 aromatic carbocycles. The van der Waals surface area contributed by atoms with E-state index in [1.807, 2.05) is 6.08 Å². The fourth-order valence-electron chi connectivity index (χ4n) is 3.58. The Bertz CT molecular complexity index is 397. The number of fused-ring (bicyclic) bond motifs is 1. The number of rotatable bonds is 5. The molecule has 0 radical (unpaired) electrons. The molecule has 0 N–H and O–H groups in total. The van der Waals surface area contributed by atoms with E-state index in [0.29, 0.717) is 18.8 Å². The third-order valence-corrected chi connectivity index (χ3v) is 4.53. The molecule has 3 atom stereocenters. The topological polar surface area (TPSA) is 43.4 Å². The Morgan fingerprint density at radius 1 is 1.40 bits per heavy atom. The average Bonchev–Trinajstić information content (AvgIpc) is 2.38. The monoisotopic (exact) mass is 278 g/mol. The molecule has 0 spiro atoms. The normalized spacial score (nSPS) is 29.6. The summed E-state index contributed by atoms with van der Waals surface area (Å²) in [5, 5.41) is 0. The summed E-state index contributed by atoms with van der Waals surface area (Å²) in [6, 6.07) is 0. The molecule has 3 heteroatoms. The van der Waals surface area contributed by atoms with Crippen LogP contribution < -0.4 is 0 Å². The van der Waals surface area contributed by atoms with Gasteiger partial charge < -0.3 is 4.74 Å². The van der Waals surface area contributed by atoms with Crippen molar-refractivity contribution < 1.29 is 14.3 Å². The fourth-order valence-corrected chi connectivity index (χ4v) is 3.58. The van der Waals surface area contributed by atoms with Gasteiger partial charge in [0.2, 0.25) is 0 Å². The lowest BCUT2D eigenvalue weighted by Gasteiger charge is -2.39. The highest BCUT2D eigenvalue weighted by molar-refractivity contribution is 5.91. The summed E-state index contributed by atoms with van der Waals surface area (Å²) in [5.74, 6) is 0.750. The minimum atomic E-state index is -0.0613. The Morgan fingerprint density at radius 2 is 2.20 bits per heavy atom. The fraction of sp³-hybridized carbons (Fsp3) is 0.765. The van der Waals surface area contributed by atoms with Crippen LogP contribution in [0.15, 0.2) is 11.6 Å². The van der Waals surface area contributed by atoms with Crippen LogP contribution in [0.3, 0.4) is 0 Å². The van der Waals surface area contributed by atoms with E-state index in [4.69, 9.17) is 4.74 Å². The molecule has 0 saturated heterocycles. The van der Waals surface area contributed by atoms with E-state index < -0.39 is 0 Å². The van der Waals surface area contributed by atoms with Gasteiger partial charge in [0.1, 0.15) is 6.10 Å². The van der Waals surface area contributed by atoms with Crippen LogP contribution in [0, 0.1) is 11.8 Å². The number of hydrogen-bond donors (Lipinski definition) is 0. The standard InChI is InChI=1S/C17H26O3/c1-3-4-5-9-16(19)20-15-8-6-7-13-11-14(18)10-12(2)17(13)15/h11-12,15,17H,3-10H2,1-2H3/t12?,15-,17-/m1/s1. The predicted octanol–water partition coefficient (Wildman–Crippen LogP) is 3.81. The van der Waals surface area contributed by atoms with Crippen molar-refractivity contribution in [2.75, 3.05) is 0 Å². The molecular weight excluding hydrogens is 252 g/mol. The highest BCUT2D eigenvalue weighted by Crippen LogP contribution is 2.40. The van der Waals surface area contributed by atoms with Gasteiger partial charge in [-0.3, -0.25) is 9.59 Å². The highest BCUT2D eigenvalue weighted by atomic mass is 16.5. The molecule has 3 nitrogen and oxygen atoms in total. The number of carbonyl (C=O) groups is 2. The summed E-state index contributed by atoms with van der Waals surface area (Å²) in [7, 11) is 0. The molecular formula is C17H26O3. The molecule has 112 valence electrons. The molecule has 1 saturated carbocycles. The van der Waals surface area contributed by atoms with Crippen molar-refractivity contribution in [3.05, 3.63) is 11.6 Å². The summed E-state index contributed by atoms with van der Waals surface area (Å²) in [6.45, 7) is 4.24. The quantitative estimate of drug-likeness (QED) is 0.567. The van der Waals surface area contributed by atoms with Crippen molar-refractivity contribution >= 4 is 11.8 Å². The molecule has 20 heavy (non-hydrogen) atoms. The van der Waals surface area contributed by atoms with Gasteiger partial charge in [-0.2, -0.15) is 0 Å². The molecule has 0 aliphatic heterocycles. The number of carbonyl (C=O) groups excluding carboxylic acids is 2. The number of hydrogen-bond acceptors (Lipinski definition) is 3. The van der Waals surface area contributed by atoms with Gasteiger partial charge in [0.15, 0.2) is 5.78 Å². The van der Waals surface area contributed by atoms with Gasteiger partial charge >= 0.3 is 5.97 Å². The van der Waals surface area contributed by atoms with Crippen LogP contribution in [-0.2, 0) is 14.3 Å². The van der Waals surface area contributed by atoms with Gasteiger partial charge in [-0.05, 0) is 37.7 Å². The van der Waals surface area contributed by atoms with E-state index in [9.17, 15) is 9.59 Å². The van der Waals surface area contributed by atoms with Crippen LogP contribution in [-0.4, -0.2) is 17.9 Å². The van der Waals surface area contributed by atoms with Gasteiger partial charge in [0, 0.05) is 18.8 Å². The average molecular weight is 278 g/mol. The van der Waals surface area contributed by atoms with Gasteiger partial charge in [0.05, 0.1) is 0 Å². The van der Waals surface area contributed by atoms with Crippen LogP contribution in [0.2, 0.25) is 0 Å². The van der Waals surface area contributed by atoms with Crippen LogP contribution in [0.1, 0.15) is 65.2 Å². The highest BCUT2D eigenvalue weighted by Gasteiger charge is 2.38. The third kappa shape index (κ3) is 3.71. The van der Waals surface area contributed by atoms with Crippen LogP contribution >= 0.6 is 0 Å². The minimum absolute atomic E-state index is 0.00720. The van der Waals surface area contributed by atoms with Gasteiger partial charge in [-0.1, -0.05) is 32.3 Å². The summed E-state index contributed by atoms with van der Waals surface area (Å²) < 4.78 is 5.72. The van der Waals surface area contributed by atoms with Gasteiger partial charge in [-0.15, -0.1) is 0 Å². The number of esters is 1. The van der Waals surface area contributed by atoms with Gasteiger partial charge in [-0.25, -0.2) is 0 Å². The molecule has 0 heterocycles. The third-order valence-electron chi connectivity index (χ3n) is 4.53. The van der Waals surface area contributed by atoms with Crippen molar-refractivity contribution in [3.8, 4) is 0 Å². The van der Waals surface area contributed by atoms with Crippen molar-refractivity contribution in [2.45, 2.75) is 71.3 Å². The van der Waals surface area contributed by atoms with Crippen LogP contribution in [0.5, 0.6) is 0 Å². The number of allylic oxidation sites excluding steroid dienone is 1. The summed E-state index contributed by atoms with van der Waals surface area (Å²) in [5.41, 5.74) is 1.21. The predicted molar refractivity (Wildman–Crippen MR) is 78.2 cm³/mol. The molecule has 1 fully saturated rings. The minimum Gasteiger partial charge on any atom is -0.462 e. The molecule has 0 amide bonds. The maximum atomic E-state index is 11.9. The summed E-state index contributed by atoms with van der Waals surface area (Å²) in [4.78, 5) is 23.6. The first-order valence-corrected chi connectivity index (χ1v) is 8.04. The Balaban J connectivity index is 1.95. The van der Waals surface area contributed by atoms with Crippen LogP contribution in [0.4, 0.5) is 0 Å². The maximum absolute atomic E-state index is 11.9. The SMILES string of the molecule is CCCCCC(=O)O[C@@H]1CCCC2=CC(=O)CC(C)[C@H]21. The molecule has 2 aliphatic carbocycles. The molecule has 2 aliphatic rings. The number of ketones is 1. The first-order chi connectivity index (χ1) is 9.61. The lowest BCUT2D eigenvalue weighted by Crippen LogP contribution is -2.38. The Hall–Kier alpha value is -1.12. The molecule has 2 rings (SSSR count). The molecule has 0 bridgehead atoms. The Morgan fingerprint density at radius 3 is 2.95 bits per heavy atom. The smallest absolute Gasteiger partial charge is 0.306 e. The van der Waals surface area contributed by atoms with Crippen molar-refractivity contribution in [1.82, 2.24) is 0 Å². The van der Waals surface area contributed by atoms with E-state index in [1.165, 1.54) is 5.57 Å². The van der Waals surface area contributed by atoms with E-state index >= 15 is 0 Å². The zero-order chi connectivity index (χ0) is 14.5. The number of unbranched alkanes of at least 4 members (excludes halogenated alkanes) is 2. The largest absolute Gasteiger partial charge is 0.462 e. The van der Waals surface area contributed by atoms with Crippen molar-refractivity contribution in [2.24, 2.45) is 11.8 Å². The van der Waals surface area contributed by atoms with Crippen molar-refractivity contribution in [3.63, 3.8) is 0 Å². The summed E-state index contributed by atoms with van der Waals surface area (Å²) in [6.07, 6.45) is 9.00. The molecule has 1 unspecified atom stereocenters. The second kappa shape index (κ2) is 7.05. The first-order valence-electron chi connectivity index (χ1n) is 8.04. The second-order valence-electron chi connectivity index (χ2n) is 6.27. The van der Waals surface area contributed by atoms with E-state index in [1.54, 1.807) is 0 Å². The molecule has 0 aromatic rings. The lowest BCUT2D eigenvalue weighted by atomic mass is 9.70. The summed E-state index contributed by atoms with van der Waals surface area (Å²) >= 11 is 0. The Kier molecular flexibility index (Phi) is 5.38. The van der Waals surface area contributed by atoms with E-state index in [2.05, 4.69) is 13.8 Å². The second-order valence-corrected chi connectivity index (χ2v) is 6.27. The maximum Gasteiger partial charge on any atom is 0.306 e. The Labute approximate surface area is 121 Å². The number of ether oxygens (including phenoxy) is 1. The zero-order valence-electron chi connectivity index (χ0n) is 12.7. The van der Waals surface area contributed by atoms with E-state index in [-0.39, 0.29) is 23.8 Å². The molecule has 0 aromatic heterocycles. The first kappa shape index (κ1) is 15.3. The zero-order valence-corrected chi connectivity index (χ0v) is 12.7. The van der Waals surface area contributed by atoms with Crippen LogP contribution in [0.25, 0.3) is 0 Å². The lowest BCUT2D eigenvalue weighted by molar-refractivity contribution is -0.153.